The zero-order valence-corrected chi connectivity index (χ0v) is 13.2. The van der Waals surface area contributed by atoms with Gasteiger partial charge in [-0.05, 0) is 35.4 Å². The van der Waals surface area contributed by atoms with Crippen LogP contribution in [0.25, 0.3) is 11.1 Å². The van der Waals surface area contributed by atoms with E-state index < -0.39 is 0 Å². The third-order valence-electron chi connectivity index (χ3n) is 3.68. The summed E-state index contributed by atoms with van der Waals surface area (Å²) in [7, 11) is 1.49. The van der Waals surface area contributed by atoms with E-state index in [0.717, 1.165) is 11.1 Å². The zero-order chi connectivity index (χ0) is 16.9. The van der Waals surface area contributed by atoms with Crippen molar-refractivity contribution in [3.05, 3.63) is 72.3 Å². The summed E-state index contributed by atoms with van der Waals surface area (Å²) in [5.74, 6) is 0.469. The molecule has 3 rings (SSSR count). The number of para-hydroxylation sites is 1. The van der Waals surface area contributed by atoms with E-state index in [1.165, 1.54) is 13.3 Å². The Labute approximate surface area is 140 Å². The molecule has 3 aromatic carbocycles. The normalized spacial score (nSPS) is 10.9. The molecule has 0 fully saturated rings. The van der Waals surface area contributed by atoms with Gasteiger partial charge >= 0.3 is 0 Å². The van der Waals surface area contributed by atoms with Gasteiger partial charge in [0.1, 0.15) is 11.4 Å². The molecule has 0 amide bonds. The van der Waals surface area contributed by atoms with Crippen molar-refractivity contribution in [2.45, 2.75) is 0 Å². The Hall–Kier alpha value is -3.27. The number of benzene rings is 3. The van der Waals surface area contributed by atoms with Crippen molar-refractivity contribution in [3.63, 3.8) is 0 Å². The summed E-state index contributed by atoms with van der Waals surface area (Å²) in [5.41, 5.74) is 2.94. The average molecular weight is 319 g/mol. The minimum atomic E-state index is 0.0162. The number of phenols is 2. The highest BCUT2D eigenvalue weighted by Crippen LogP contribution is 2.33. The van der Waals surface area contributed by atoms with Crippen LogP contribution in [0.2, 0.25) is 0 Å². The summed E-state index contributed by atoms with van der Waals surface area (Å²) >= 11 is 0. The summed E-state index contributed by atoms with van der Waals surface area (Å²) in [4.78, 5) is 4.31. The van der Waals surface area contributed by atoms with E-state index in [9.17, 15) is 10.2 Å². The van der Waals surface area contributed by atoms with Crippen molar-refractivity contribution in [1.82, 2.24) is 0 Å². The summed E-state index contributed by atoms with van der Waals surface area (Å²) in [5, 5.41) is 20.1. The fourth-order valence-corrected chi connectivity index (χ4v) is 2.38. The van der Waals surface area contributed by atoms with E-state index in [2.05, 4.69) is 4.99 Å². The van der Waals surface area contributed by atoms with Crippen LogP contribution in [0.15, 0.2) is 71.7 Å². The number of methoxy groups -OCH3 is 1. The lowest BCUT2D eigenvalue weighted by molar-refractivity contribution is 0.373. The highest BCUT2D eigenvalue weighted by molar-refractivity contribution is 5.87. The highest BCUT2D eigenvalue weighted by atomic mass is 16.5. The van der Waals surface area contributed by atoms with Crippen molar-refractivity contribution in [2.75, 3.05) is 7.11 Å². The van der Waals surface area contributed by atoms with Crippen LogP contribution >= 0.6 is 0 Å². The highest BCUT2D eigenvalue weighted by Gasteiger charge is 2.06. The Morgan fingerprint density at radius 1 is 0.875 bits per heavy atom. The first-order valence-electron chi connectivity index (χ1n) is 7.47. The van der Waals surface area contributed by atoms with Gasteiger partial charge in [0.2, 0.25) is 0 Å². The standard InChI is InChI=1S/C20H17NO3/c1-24-19-9-5-8-16(20(19)23)13-21-17-12-15(10-11-18(17)22)14-6-3-2-4-7-14/h2-13,22-23H,1H3. The van der Waals surface area contributed by atoms with Crippen molar-refractivity contribution in [3.8, 4) is 28.4 Å². The molecule has 0 aliphatic rings. The van der Waals surface area contributed by atoms with Gasteiger partial charge in [-0.25, -0.2) is 0 Å². The topological polar surface area (TPSA) is 62.0 Å². The third-order valence-corrected chi connectivity index (χ3v) is 3.68. The fraction of sp³-hybridized carbons (Fsp3) is 0.0500. The molecule has 4 heteroatoms. The first-order valence-corrected chi connectivity index (χ1v) is 7.47. The average Bonchev–Trinajstić information content (AvgIpc) is 2.63. The number of aromatic hydroxyl groups is 2. The molecule has 4 nitrogen and oxygen atoms in total. The Balaban J connectivity index is 1.96. The summed E-state index contributed by atoms with van der Waals surface area (Å²) < 4.78 is 5.08. The van der Waals surface area contributed by atoms with Gasteiger partial charge in [0.15, 0.2) is 11.5 Å². The monoisotopic (exact) mass is 319 g/mol. The van der Waals surface area contributed by atoms with Gasteiger partial charge in [0, 0.05) is 11.8 Å². The van der Waals surface area contributed by atoms with Crippen LogP contribution in [0, 0.1) is 0 Å². The van der Waals surface area contributed by atoms with E-state index in [1.54, 1.807) is 30.3 Å². The number of hydrogen-bond acceptors (Lipinski definition) is 4. The smallest absolute Gasteiger partial charge is 0.166 e. The molecule has 0 saturated heterocycles. The van der Waals surface area contributed by atoms with Crippen LogP contribution < -0.4 is 4.74 Å². The lowest BCUT2D eigenvalue weighted by Gasteiger charge is -2.06. The number of nitrogens with zero attached hydrogens (tertiary/aromatic N) is 1. The Bertz CT molecular complexity index is 873. The second-order valence-corrected chi connectivity index (χ2v) is 5.23. The summed E-state index contributed by atoms with van der Waals surface area (Å²) in [6.45, 7) is 0. The summed E-state index contributed by atoms with van der Waals surface area (Å²) in [6, 6.07) is 20.3. The number of aliphatic imine (C=N–C) groups is 1. The second kappa shape index (κ2) is 6.87. The molecule has 0 aliphatic carbocycles. The van der Waals surface area contributed by atoms with Crippen molar-refractivity contribution >= 4 is 11.9 Å². The molecule has 0 aliphatic heterocycles. The van der Waals surface area contributed by atoms with Crippen LogP contribution in [0.4, 0.5) is 5.69 Å². The maximum atomic E-state index is 10.1. The van der Waals surface area contributed by atoms with Gasteiger partial charge in [0.25, 0.3) is 0 Å². The van der Waals surface area contributed by atoms with Gasteiger partial charge in [-0.1, -0.05) is 42.5 Å². The van der Waals surface area contributed by atoms with E-state index in [0.29, 0.717) is 17.0 Å². The molecule has 0 radical (unpaired) electrons. The van der Waals surface area contributed by atoms with Crippen molar-refractivity contribution < 1.29 is 14.9 Å². The van der Waals surface area contributed by atoms with Crippen molar-refractivity contribution in [2.24, 2.45) is 4.99 Å². The Morgan fingerprint density at radius 3 is 2.42 bits per heavy atom. The molecule has 3 aromatic rings. The molecule has 0 saturated carbocycles. The second-order valence-electron chi connectivity index (χ2n) is 5.23. The van der Waals surface area contributed by atoms with E-state index in [1.807, 2.05) is 36.4 Å². The molecule has 120 valence electrons. The molecule has 0 bridgehead atoms. The maximum Gasteiger partial charge on any atom is 0.166 e. The van der Waals surface area contributed by atoms with Gasteiger partial charge in [-0.3, -0.25) is 4.99 Å². The van der Waals surface area contributed by atoms with Crippen LogP contribution in [0.1, 0.15) is 5.56 Å². The van der Waals surface area contributed by atoms with Gasteiger partial charge < -0.3 is 14.9 Å². The molecule has 2 N–H and O–H groups in total. The van der Waals surface area contributed by atoms with Crippen LogP contribution in [0.5, 0.6) is 17.2 Å². The quantitative estimate of drug-likeness (QED) is 0.695. The molecule has 24 heavy (non-hydrogen) atoms. The first-order chi connectivity index (χ1) is 11.7. The molecular weight excluding hydrogens is 302 g/mol. The minimum absolute atomic E-state index is 0.0162. The van der Waals surface area contributed by atoms with E-state index in [4.69, 9.17) is 4.74 Å². The zero-order valence-electron chi connectivity index (χ0n) is 13.2. The molecular formula is C20H17NO3. The molecule has 0 aromatic heterocycles. The van der Waals surface area contributed by atoms with Gasteiger partial charge in [0.05, 0.1) is 7.11 Å². The van der Waals surface area contributed by atoms with E-state index >= 15 is 0 Å². The van der Waals surface area contributed by atoms with Crippen LogP contribution in [-0.2, 0) is 0 Å². The number of hydrogen-bond donors (Lipinski definition) is 2. The largest absolute Gasteiger partial charge is 0.506 e. The third kappa shape index (κ3) is 3.22. The number of ether oxygens (including phenoxy) is 1. The van der Waals surface area contributed by atoms with Crippen molar-refractivity contribution in [1.29, 1.82) is 0 Å². The number of phenolic OH excluding ortho intramolecular Hbond substituents is 2. The van der Waals surface area contributed by atoms with Crippen LogP contribution in [-0.4, -0.2) is 23.5 Å². The minimum Gasteiger partial charge on any atom is -0.506 e. The fourth-order valence-electron chi connectivity index (χ4n) is 2.38. The molecule has 0 heterocycles. The van der Waals surface area contributed by atoms with Gasteiger partial charge in [-0.2, -0.15) is 0 Å². The summed E-state index contributed by atoms with van der Waals surface area (Å²) in [6.07, 6.45) is 1.50. The number of rotatable bonds is 4. The van der Waals surface area contributed by atoms with E-state index in [-0.39, 0.29) is 11.5 Å². The maximum absolute atomic E-state index is 10.1. The molecule has 0 atom stereocenters. The Kier molecular flexibility index (Phi) is 4.47. The van der Waals surface area contributed by atoms with Gasteiger partial charge in [-0.15, -0.1) is 0 Å². The SMILES string of the molecule is COc1cccc(C=Nc2cc(-c3ccccc3)ccc2O)c1O. The molecule has 0 unspecified atom stereocenters. The predicted octanol–water partition coefficient (Wildman–Crippen LogP) is 4.52. The van der Waals surface area contributed by atoms with Crippen LogP contribution in [0.3, 0.4) is 0 Å². The Morgan fingerprint density at radius 2 is 1.67 bits per heavy atom. The lowest BCUT2D eigenvalue weighted by Crippen LogP contribution is -1.88. The lowest BCUT2D eigenvalue weighted by atomic mass is 10.0. The first kappa shape index (κ1) is 15.6. The molecule has 0 spiro atoms. The predicted molar refractivity (Wildman–Crippen MR) is 95.5 cm³/mol.